The first kappa shape index (κ1) is 21.9. The highest BCUT2D eigenvalue weighted by molar-refractivity contribution is 6.46. The molecule has 1 atom stereocenters. The van der Waals surface area contributed by atoms with Gasteiger partial charge in [0.1, 0.15) is 11.5 Å². The minimum atomic E-state index is -0.793. The van der Waals surface area contributed by atoms with Crippen molar-refractivity contribution in [2.24, 2.45) is 0 Å². The van der Waals surface area contributed by atoms with Gasteiger partial charge in [0.05, 0.1) is 17.2 Å². The Hall–Kier alpha value is -3.35. The van der Waals surface area contributed by atoms with E-state index < -0.39 is 23.5 Å². The zero-order valence-corrected chi connectivity index (χ0v) is 18.5. The molecule has 6 nitrogen and oxygen atoms in total. The highest BCUT2D eigenvalue weighted by Crippen LogP contribution is 2.42. The van der Waals surface area contributed by atoms with E-state index in [9.17, 15) is 19.8 Å². The van der Waals surface area contributed by atoms with Crippen LogP contribution >= 0.6 is 11.6 Å². The number of carbonyl (C=O) groups is 2. The smallest absolute Gasteiger partial charge is 0.295 e. The van der Waals surface area contributed by atoms with Gasteiger partial charge in [0, 0.05) is 23.5 Å². The van der Waals surface area contributed by atoms with Crippen LogP contribution in [0.4, 0.5) is 0 Å². The van der Waals surface area contributed by atoms with E-state index in [4.69, 9.17) is 11.6 Å². The van der Waals surface area contributed by atoms with Crippen LogP contribution in [0.15, 0.2) is 66.2 Å². The number of phenols is 1. The molecule has 3 aromatic rings. The lowest BCUT2D eigenvalue weighted by Crippen LogP contribution is -2.35. The van der Waals surface area contributed by atoms with Crippen molar-refractivity contribution in [2.75, 3.05) is 27.2 Å². The summed E-state index contributed by atoms with van der Waals surface area (Å²) < 4.78 is 0. The number of fused-ring (bicyclic) bond motifs is 1. The second kappa shape index (κ2) is 8.65. The van der Waals surface area contributed by atoms with Crippen molar-refractivity contribution in [3.8, 4) is 5.75 Å². The Balaban J connectivity index is 1.90. The normalized spacial score (nSPS) is 18.1. The fourth-order valence-electron chi connectivity index (χ4n) is 4.00. The van der Waals surface area contributed by atoms with Crippen molar-refractivity contribution in [1.29, 1.82) is 0 Å². The largest absolute Gasteiger partial charge is 0.507 e. The van der Waals surface area contributed by atoms with Crippen molar-refractivity contribution in [3.63, 3.8) is 0 Å². The van der Waals surface area contributed by atoms with Gasteiger partial charge in [-0.15, -0.1) is 0 Å². The van der Waals surface area contributed by atoms with Gasteiger partial charge in [-0.05, 0) is 43.2 Å². The number of likely N-dealkylation sites (N-methyl/N-ethyl adjacent to an activating group) is 1. The molecule has 4 rings (SSSR count). The zero-order chi connectivity index (χ0) is 23.0. The Labute approximate surface area is 190 Å². The highest BCUT2D eigenvalue weighted by atomic mass is 35.5. The average Bonchev–Trinajstić information content (AvgIpc) is 3.03. The van der Waals surface area contributed by atoms with E-state index in [2.05, 4.69) is 0 Å². The number of amides is 1. The Morgan fingerprint density at radius 3 is 2.41 bits per heavy atom. The summed E-state index contributed by atoms with van der Waals surface area (Å²) in [7, 11) is 3.75. The molecular weight excluding hydrogens is 428 g/mol. The van der Waals surface area contributed by atoms with E-state index in [1.807, 2.05) is 31.1 Å². The van der Waals surface area contributed by atoms with Gasteiger partial charge >= 0.3 is 0 Å². The van der Waals surface area contributed by atoms with Crippen LogP contribution in [-0.2, 0) is 9.59 Å². The molecule has 1 heterocycles. The van der Waals surface area contributed by atoms with E-state index >= 15 is 0 Å². The van der Waals surface area contributed by atoms with Gasteiger partial charge in [0.15, 0.2) is 0 Å². The lowest BCUT2D eigenvalue weighted by molar-refractivity contribution is -0.140. The number of nitrogens with zero attached hydrogens (tertiary/aromatic N) is 2. The van der Waals surface area contributed by atoms with E-state index in [1.165, 1.54) is 4.90 Å². The van der Waals surface area contributed by atoms with Gasteiger partial charge < -0.3 is 20.0 Å². The van der Waals surface area contributed by atoms with Gasteiger partial charge in [-0.1, -0.05) is 54.1 Å². The lowest BCUT2D eigenvalue weighted by Gasteiger charge is -2.26. The minimum Gasteiger partial charge on any atom is -0.507 e. The average molecular weight is 451 g/mol. The van der Waals surface area contributed by atoms with E-state index in [-0.39, 0.29) is 16.9 Å². The molecule has 1 aliphatic heterocycles. The van der Waals surface area contributed by atoms with E-state index in [0.29, 0.717) is 29.1 Å². The monoisotopic (exact) mass is 450 g/mol. The molecule has 1 saturated heterocycles. The van der Waals surface area contributed by atoms with Gasteiger partial charge in [-0.2, -0.15) is 0 Å². The fourth-order valence-corrected chi connectivity index (χ4v) is 4.13. The number of aliphatic hydroxyl groups is 1. The first-order valence-corrected chi connectivity index (χ1v) is 10.6. The van der Waals surface area contributed by atoms with Crippen LogP contribution in [0.2, 0.25) is 5.02 Å². The topological polar surface area (TPSA) is 81.1 Å². The number of hydrogen-bond acceptors (Lipinski definition) is 5. The summed E-state index contributed by atoms with van der Waals surface area (Å²) in [6.45, 7) is 0.837. The molecule has 0 bridgehead atoms. The highest BCUT2D eigenvalue weighted by Gasteiger charge is 2.46. The molecule has 0 spiro atoms. The summed E-state index contributed by atoms with van der Waals surface area (Å²) in [4.78, 5) is 29.4. The van der Waals surface area contributed by atoms with Crippen LogP contribution in [0.25, 0.3) is 16.5 Å². The number of carbonyl (C=O) groups excluding carboxylic acids is 2. The van der Waals surface area contributed by atoms with Crippen LogP contribution in [-0.4, -0.2) is 58.9 Å². The SMILES string of the molecule is CN(C)CCN1C(=O)C(=O)C(=C(O)c2ccc3ccccc3c2O)C1c1ccc(Cl)cc1. The molecule has 0 aliphatic carbocycles. The number of aliphatic hydroxyl groups excluding tert-OH is 1. The molecule has 1 aliphatic rings. The number of ketones is 1. The number of aromatic hydroxyl groups is 1. The van der Waals surface area contributed by atoms with Crippen molar-refractivity contribution in [1.82, 2.24) is 9.80 Å². The summed E-state index contributed by atoms with van der Waals surface area (Å²) in [6, 6.07) is 16.5. The third-order valence-electron chi connectivity index (χ3n) is 5.67. The fraction of sp³-hybridized carbons (Fsp3) is 0.200. The maximum absolute atomic E-state index is 13.1. The van der Waals surface area contributed by atoms with Crippen LogP contribution in [0.1, 0.15) is 17.2 Å². The maximum Gasteiger partial charge on any atom is 0.295 e. The summed E-state index contributed by atoms with van der Waals surface area (Å²) >= 11 is 6.04. The van der Waals surface area contributed by atoms with Crippen LogP contribution in [0.5, 0.6) is 5.75 Å². The van der Waals surface area contributed by atoms with Gasteiger partial charge in [0.2, 0.25) is 0 Å². The molecule has 1 fully saturated rings. The molecule has 2 N–H and O–H groups in total. The summed E-state index contributed by atoms with van der Waals surface area (Å²) in [5.74, 6) is -2.02. The summed E-state index contributed by atoms with van der Waals surface area (Å²) in [5.41, 5.74) is 0.698. The predicted octanol–water partition coefficient (Wildman–Crippen LogP) is 4.18. The standard InChI is InChI=1S/C25H23ClN2O4/c1-27(2)13-14-28-21(16-7-10-17(26)11-8-16)20(24(31)25(28)32)23(30)19-12-9-15-5-3-4-6-18(15)22(19)29/h3-12,21,29-30H,13-14H2,1-2H3. The molecule has 0 aromatic heterocycles. The molecule has 3 aromatic carbocycles. The number of halogens is 1. The third kappa shape index (κ3) is 3.83. The van der Waals surface area contributed by atoms with Crippen molar-refractivity contribution >= 4 is 39.8 Å². The molecule has 32 heavy (non-hydrogen) atoms. The molecule has 1 unspecified atom stereocenters. The van der Waals surface area contributed by atoms with Crippen molar-refractivity contribution in [3.05, 3.63) is 82.4 Å². The predicted molar refractivity (Wildman–Crippen MR) is 125 cm³/mol. The zero-order valence-electron chi connectivity index (χ0n) is 17.7. The molecular formula is C25H23ClN2O4. The van der Waals surface area contributed by atoms with Crippen LogP contribution < -0.4 is 0 Å². The maximum atomic E-state index is 13.1. The first-order valence-electron chi connectivity index (χ1n) is 10.2. The Morgan fingerprint density at radius 2 is 1.72 bits per heavy atom. The summed E-state index contributed by atoms with van der Waals surface area (Å²) in [6.07, 6.45) is 0. The quantitative estimate of drug-likeness (QED) is 0.346. The van der Waals surface area contributed by atoms with Gasteiger partial charge in [-0.25, -0.2) is 0 Å². The molecule has 164 valence electrons. The van der Waals surface area contributed by atoms with E-state index in [0.717, 1.165) is 5.39 Å². The van der Waals surface area contributed by atoms with Crippen LogP contribution in [0.3, 0.4) is 0 Å². The first-order chi connectivity index (χ1) is 15.3. The summed E-state index contributed by atoms with van der Waals surface area (Å²) in [5, 5.41) is 23.9. The molecule has 1 amide bonds. The molecule has 0 saturated carbocycles. The van der Waals surface area contributed by atoms with Gasteiger partial charge in [0.25, 0.3) is 11.7 Å². The third-order valence-corrected chi connectivity index (χ3v) is 5.92. The van der Waals surface area contributed by atoms with E-state index in [1.54, 1.807) is 48.5 Å². The second-order valence-corrected chi connectivity index (χ2v) is 8.47. The van der Waals surface area contributed by atoms with Gasteiger partial charge in [-0.3, -0.25) is 9.59 Å². The number of phenolic OH excluding ortho intramolecular Hbond substituents is 1. The minimum absolute atomic E-state index is 0.0540. The molecule has 7 heteroatoms. The van der Waals surface area contributed by atoms with Crippen LogP contribution in [0, 0.1) is 0 Å². The number of rotatable bonds is 5. The Bertz CT molecular complexity index is 1230. The number of hydrogen-bond donors (Lipinski definition) is 2. The molecule has 0 radical (unpaired) electrons. The van der Waals surface area contributed by atoms with Crippen molar-refractivity contribution in [2.45, 2.75) is 6.04 Å². The number of benzene rings is 3. The van der Waals surface area contributed by atoms with Crippen molar-refractivity contribution < 1.29 is 19.8 Å². The lowest BCUT2D eigenvalue weighted by atomic mass is 9.94. The Kier molecular flexibility index (Phi) is 5.91. The Morgan fingerprint density at radius 1 is 1.03 bits per heavy atom. The number of likely N-dealkylation sites (tertiary alicyclic amines) is 1. The number of Topliss-reactive ketones (excluding diaryl/α,β-unsaturated/α-hetero) is 1. The second-order valence-electron chi connectivity index (χ2n) is 8.03.